The van der Waals surface area contributed by atoms with Gasteiger partial charge < -0.3 is 15.1 Å². The smallest absolute Gasteiger partial charge is 0.343 e. The van der Waals surface area contributed by atoms with Crippen LogP contribution in [0.4, 0.5) is 0 Å². The third-order valence-corrected chi connectivity index (χ3v) is 5.61. The molecular formula is C20H16N2O5. The molecule has 2 aliphatic heterocycles. The molecule has 0 bridgehead atoms. The highest BCUT2D eigenvalue weighted by molar-refractivity contribution is 5.84. The normalized spacial score (nSPS) is 20.1. The molecule has 0 spiro atoms. The lowest BCUT2D eigenvalue weighted by molar-refractivity contribution is -0.565. The number of carbonyl (C=O) groups is 1. The van der Waals surface area contributed by atoms with Crippen LogP contribution in [0.2, 0.25) is 0 Å². The van der Waals surface area contributed by atoms with E-state index in [1.807, 2.05) is 18.2 Å². The third kappa shape index (κ3) is 1.92. The number of carbonyl (C=O) groups excluding carboxylic acids is 1. The Labute approximate surface area is 153 Å². The van der Waals surface area contributed by atoms with Gasteiger partial charge in [-0.25, -0.2) is 4.79 Å². The second-order valence-electron chi connectivity index (χ2n) is 6.97. The summed E-state index contributed by atoms with van der Waals surface area (Å²) in [5.41, 5.74) is 0.297. The van der Waals surface area contributed by atoms with Crippen LogP contribution in [0.15, 0.2) is 41.2 Å². The number of hydrogen-bond acceptors (Lipinski definition) is 5. The SMILES string of the molecule is CCC1(O)C(=O)OCc2c1cc1n(c2=O)Cc2cc3ccccc3[n+]([O-])c2-1. The van der Waals surface area contributed by atoms with Gasteiger partial charge in [0.15, 0.2) is 5.60 Å². The van der Waals surface area contributed by atoms with Crippen LogP contribution < -0.4 is 10.3 Å². The van der Waals surface area contributed by atoms with Gasteiger partial charge in [0, 0.05) is 22.6 Å². The van der Waals surface area contributed by atoms with Gasteiger partial charge >= 0.3 is 5.97 Å². The van der Waals surface area contributed by atoms with Crippen molar-refractivity contribution in [3.05, 3.63) is 68.6 Å². The molecule has 1 unspecified atom stereocenters. The highest BCUT2D eigenvalue weighted by atomic mass is 16.6. The first-order chi connectivity index (χ1) is 13.0. The third-order valence-electron chi connectivity index (χ3n) is 5.61. The maximum absolute atomic E-state index is 13.0. The highest BCUT2D eigenvalue weighted by Gasteiger charge is 2.46. The predicted octanol–water partition coefficient (Wildman–Crippen LogP) is 1.32. The average molecular weight is 364 g/mol. The van der Waals surface area contributed by atoms with Crippen molar-refractivity contribution in [2.24, 2.45) is 0 Å². The van der Waals surface area contributed by atoms with Crippen LogP contribution in [0, 0.1) is 5.21 Å². The molecule has 2 aliphatic rings. The summed E-state index contributed by atoms with van der Waals surface area (Å²) in [4.78, 5) is 25.2. The van der Waals surface area contributed by atoms with Gasteiger partial charge in [0.05, 0.1) is 12.1 Å². The van der Waals surface area contributed by atoms with Gasteiger partial charge in [-0.2, -0.15) is 4.73 Å². The van der Waals surface area contributed by atoms with Crippen molar-refractivity contribution in [1.29, 1.82) is 0 Å². The number of benzene rings is 1. The highest BCUT2D eigenvalue weighted by Crippen LogP contribution is 2.37. The monoisotopic (exact) mass is 364 g/mol. The average Bonchev–Trinajstić information content (AvgIpc) is 3.04. The van der Waals surface area contributed by atoms with Crippen LogP contribution in [0.5, 0.6) is 0 Å². The number of esters is 1. The zero-order valence-corrected chi connectivity index (χ0v) is 14.6. The van der Waals surface area contributed by atoms with E-state index in [0.717, 1.165) is 15.7 Å². The molecular weight excluding hydrogens is 348 g/mol. The lowest BCUT2D eigenvalue weighted by atomic mass is 9.86. The number of hydrogen-bond donors (Lipinski definition) is 1. The molecule has 0 saturated carbocycles. The summed E-state index contributed by atoms with van der Waals surface area (Å²) < 4.78 is 7.37. The van der Waals surface area contributed by atoms with Crippen molar-refractivity contribution in [3.8, 4) is 11.4 Å². The van der Waals surface area contributed by atoms with Gasteiger partial charge in [0.25, 0.3) is 5.56 Å². The molecule has 0 saturated heterocycles. The summed E-state index contributed by atoms with van der Waals surface area (Å²) in [6, 6.07) is 10.7. The maximum Gasteiger partial charge on any atom is 0.343 e. The Hall–Kier alpha value is -3.19. The Balaban J connectivity index is 1.85. The van der Waals surface area contributed by atoms with Gasteiger partial charge in [-0.1, -0.05) is 19.1 Å². The first-order valence-electron chi connectivity index (χ1n) is 8.77. The lowest BCUT2D eigenvalue weighted by Gasteiger charge is -2.31. The molecule has 1 atom stereocenters. The van der Waals surface area contributed by atoms with Crippen LogP contribution in [0.1, 0.15) is 30.0 Å². The van der Waals surface area contributed by atoms with E-state index in [1.165, 1.54) is 4.57 Å². The number of aliphatic hydroxyl groups is 1. The number of nitrogens with zero attached hydrogens (tertiary/aromatic N) is 2. The topological polar surface area (TPSA) is 95.5 Å². The van der Waals surface area contributed by atoms with Crippen molar-refractivity contribution in [3.63, 3.8) is 0 Å². The Kier molecular flexibility index (Phi) is 3.07. The van der Waals surface area contributed by atoms with Crippen molar-refractivity contribution < 1.29 is 19.4 Å². The van der Waals surface area contributed by atoms with E-state index in [2.05, 4.69) is 0 Å². The van der Waals surface area contributed by atoms with Crippen LogP contribution in [0.3, 0.4) is 0 Å². The Morgan fingerprint density at radius 3 is 2.85 bits per heavy atom. The molecule has 3 aromatic rings. The summed E-state index contributed by atoms with van der Waals surface area (Å²) in [7, 11) is 0. The predicted molar refractivity (Wildman–Crippen MR) is 95.7 cm³/mol. The second-order valence-corrected chi connectivity index (χ2v) is 6.97. The quantitative estimate of drug-likeness (QED) is 0.312. The first-order valence-corrected chi connectivity index (χ1v) is 8.77. The molecule has 0 amide bonds. The fourth-order valence-corrected chi connectivity index (χ4v) is 4.11. The van der Waals surface area contributed by atoms with Crippen LogP contribution >= 0.6 is 0 Å². The minimum Gasteiger partial charge on any atom is -0.618 e. The van der Waals surface area contributed by atoms with E-state index in [9.17, 15) is 19.9 Å². The molecule has 1 N–H and O–H groups in total. The first kappa shape index (κ1) is 16.0. The number of fused-ring (bicyclic) bond motifs is 5. The van der Waals surface area contributed by atoms with Crippen LogP contribution in [0.25, 0.3) is 22.3 Å². The van der Waals surface area contributed by atoms with Gasteiger partial charge in [-0.3, -0.25) is 9.36 Å². The fraction of sp³-hybridized carbons (Fsp3) is 0.250. The standard InChI is InChI=1S/C20H16N2O5/c1-2-20(25)14-8-16-17-12(7-11-5-3-4-6-15(11)22(17)26)9-21(16)18(23)13(14)10-27-19(20)24/h3-8,25H,2,9-10H2,1H3. The Morgan fingerprint density at radius 1 is 1.30 bits per heavy atom. The van der Waals surface area contributed by atoms with Gasteiger partial charge in [-0.15, -0.1) is 0 Å². The second kappa shape index (κ2) is 5.17. The van der Waals surface area contributed by atoms with Crippen molar-refractivity contribution in [2.45, 2.75) is 32.1 Å². The van der Waals surface area contributed by atoms with E-state index in [1.54, 1.807) is 25.1 Å². The minimum atomic E-state index is -1.88. The molecule has 7 nitrogen and oxygen atoms in total. The van der Waals surface area contributed by atoms with E-state index in [0.29, 0.717) is 16.9 Å². The number of para-hydroxylation sites is 1. The number of ether oxygens (including phenoxy) is 1. The maximum atomic E-state index is 13.0. The van der Waals surface area contributed by atoms with E-state index in [-0.39, 0.29) is 36.3 Å². The van der Waals surface area contributed by atoms with Gasteiger partial charge in [0.1, 0.15) is 12.3 Å². The van der Waals surface area contributed by atoms with Crippen LogP contribution in [-0.2, 0) is 28.3 Å². The number of rotatable bonds is 1. The zero-order chi connectivity index (χ0) is 18.9. The van der Waals surface area contributed by atoms with E-state index >= 15 is 0 Å². The molecule has 7 heteroatoms. The molecule has 4 heterocycles. The molecule has 0 fully saturated rings. The summed E-state index contributed by atoms with van der Waals surface area (Å²) >= 11 is 0. The Morgan fingerprint density at radius 2 is 2.07 bits per heavy atom. The number of aromatic nitrogens is 2. The minimum absolute atomic E-state index is 0.0731. The largest absolute Gasteiger partial charge is 0.618 e. The zero-order valence-electron chi connectivity index (χ0n) is 14.6. The van der Waals surface area contributed by atoms with Crippen molar-refractivity contribution in [1.82, 2.24) is 4.57 Å². The molecule has 0 radical (unpaired) electrons. The van der Waals surface area contributed by atoms with Crippen molar-refractivity contribution >= 4 is 16.9 Å². The molecule has 5 rings (SSSR count). The molecule has 136 valence electrons. The summed E-state index contributed by atoms with van der Waals surface area (Å²) in [5.74, 6) is -0.770. The summed E-state index contributed by atoms with van der Waals surface area (Å²) in [6.45, 7) is 1.74. The molecule has 1 aromatic carbocycles. The van der Waals surface area contributed by atoms with Crippen LogP contribution in [-0.4, -0.2) is 15.6 Å². The molecule has 27 heavy (non-hydrogen) atoms. The number of pyridine rings is 2. The summed E-state index contributed by atoms with van der Waals surface area (Å²) in [5, 5.41) is 24.6. The van der Waals surface area contributed by atoms with E-state index < -0.39 is 11.6 Å². The van der Waals surface area contributed by atoms with Crippen molar-refractivity contribution in [2.75, 3.05) is 0 Å². The fourth-order valence-electron chi connectivity index (χ4n) is 4.11. The van der Waals surface area contributed by atoms with Gasteiger partial charge in [-0.05, 0) is 24.6 Å². The Bertz CT molecular complexity index is 1210. The summed E-state index contributed by atoms with van der Waals surface area (Å²) in [6.07, 6.45) is 0.0731. The lowest BCUT2D eigenvalue weighted by Crippen LogP contribution is -2.44. The molecule has 0 aliphatic carbocycles. The number of cyclic esters (lactones) is 1. The van der Waals surface area contributed by atoms with Gasteiger partial charge in [0.2, 0.25) is 11.2 Å². The molecule has 2 aromatic heterocycles. The van der Waals surface area contributed by atoms with E-state index in [4.69, 9.17) is 4.74 Å².